The molecule has 21 heavy (non-hydrogen) atoms. The molecule has 0 saturated carbocycles. The molecule has 112 valence electrons. The molecule has 1 aromatic rings. The molecule has 0 spiro atoms. The molecule has 1 heterocycles. The molecule has 2 amide bonds. The number of hydrogen-bond acceptors (Lipinski definition) is 3. The fourth-order valence-electron chi connectivity index (χ4n) is 2.32. The highest BCUT2D eigenvalue weighted by Crippen LogP contribution is 2.17. The SMILES string of the molecule is O=C(NCC(=O)N1CCC[C@H]1C(=O)O)c1ccccc1Cl. The summed E-state index contributed by atoms with van der Waals surface area (Å²) < 4.78 is 0. The summed E-state index contributed by atoms with van der Waals surface area (Å²) in [5.41, 5.74) is 0.281. The van der Waals surface area contributed by atoms with Gasteiger partial charge in [0, 0.05) is 6.54 Å². The molecule has 1 aromatic carbocycles. The van der Waals surface area contributed by atoms with Gasteiger partial charge in [-0.05, 0) is 25.0 Å². The highest BCUT2D eigenvalue weighted by Gasteiger charge is 2.33. The summed E-state index contributed by atoms with van der Waals surface area (Å²) in [6.45, 7) is 0.158. The van der Waals surface area contributed by atoms with Gasteiger partial charge in [-0.1, -0.05) is 23.7 Å². The minimum Gasteiger partial charge on any atom is -0.480 e. The molecular weight excluding hydrogens is 296 g/mol. The highest BCUT2D eigenvalue weighted by atomic mass is 35.5. The number of halogens is 1. The summed E-state index contributed by atoms with van der Waals surface area (Å²) in [7, 11) is 0. The van der Waals surface area contributed by atoms with Crippen LogP contribution >= 0.6 is 11.6 Å². The van der Waals surface area contributed by atoms with Crippen LogP contribution in [0.4, 0.5) is 0 Å². The average molecular weight is 311 g/mol. The predicted molar refractivity (Wildman–Crippen MR) is 76.2 cm³/mol. The summed E-state index contributed by atoms with van der Waals surface area (Å²) in [4.78, 5) is 36.2. The van der Waals surface area contributed by atoms with Crippen molar-refractivity contribution in [3.63, 3.8) is 0 Å². The maximum absolute atomic E-state index is 12.0. The Balaban J connectivity index is 1.94. The van der Waals surface area contributed by atoms with E-state index in [1.807, 2.05) is 0 Å². The molecule has 0 bridgehead atoms. The van der Waals surface area contributed by atoms with E-state index in [1.165, 1.54) is 4.90 Å². The van der Waals surface area contributed by atoms with Gasteiger partial charge in [0.15, 0.2) is 0 Å². The van der Waals surface area contributed by atoms with Gasteiger partial charge < -0.3 is 15.3 Å². The number of amides is 2. The van der Waals surface area contributed by atoms with Gasteiger partial charge in [0.1, 0.15) is 6.04 Å². The summed E-state index contributed by atoms with van der Waals surface area (Å²) in [5.74, 6) is -1.88. The van der Waals surface area contributed by atoms with Crippen LogP contribution in [0.25, 0.3) is 0 Å². The van der Waals surface area contributed by atoms with E-state index in [4.69, 9.17) is 16.7 Å². The zero-order chi connectivity index (χ0) is 15.4. The topological polar surface area (TPSA) is 86.7 Å². The second-order valence-electron chi connectivity index (χ2n) is 4.75. The molecular formula is C14H15ClN2O4. The minimum absolute atomic E-state index is 0.242. The molecule has 1 saturated heterocycles. The van der Waals surface area contributed by atoms with Crippen LogP contribution in [0.1, 0.15) is 23.2 Å². The number of rotatable bonds is 4. The van der Waals surface area contributed by atoms with E-state index in [0.29, 0.717) is 24.4 Å². The second-order valence-corrected chi connectivity index (χ2v) is 5.15. The van der Waals surface area contributed by atoms with Crippen molar-refractivity contribution < 1.29 is 19.5 Å². The van der Waals surface area contributed by atoms with E-state index in [1.54, 1.807) is 24.3 Å². The predicted octanol–water partition coefficient (Wildman–Crippen LogP) is 1.15. The van der Waals surface area contributed by atoms with Crippen molar-refractivity contribution in [3.8, 4) is 0 Å². The molecule has 6 nitrogen and oxygen atoms in total. The monoisotopic (exact) mass is 310 g/mol. The smallest absolute Gasteiger partial charge is 0.326 e. The van der Waals surface area contributed by atoms with E-state index in [-0.39, 0.29) is 12.1 Å². The van der Waals surface area contributed by atoms with E-state index in [2.05, 4.69) is 5.32 Å². The minimum atomic E-state index is -1.02. The zero-order valence-corrected chi connectivity index (χ0v) is 12.0. The van der Waals surface area contributed by atoms with Crippen molar-refractivity contribution in [3.05, 3.63) is 34.9 Å². The van der Waals surface area contributed by atoms with Crippen LogP contribution in [-0.4, -0.2) is 46.9 Å². The molecule has 1 atom stereocenters. The van der Waals surface area contributed by atoms with Gasteiger partial charge in [-0.15, -0.1) is 0 Å². The number of carbonyl (C=O) groups is 3. The third-order valence-electron chi connectivity index (χ3n) is 3.38. The Kier molecular flexibility index (Phi) is 4.80. The molecule has 0 radical (unpaired) electrons. The van der Waals surface area contributed by atoms with Gasteiger partial charge in [-0.25, -0.2) is 4.79 Å². The lowest BCUT2D eigenvalue weighted by Crippen LogP contribution is -2.45. The first kappa shape index (κ1) is 15.3. The van der Waals surface area contributed by atoms with Crippen molar-refractivity contribution in [1.82, 2.24) is 10.2 Å². The standard InChI is InChI=1S/C14H15ClN2O4/c15-10-5-2-1-4-9(10)13(19)16-8-12(18)17-7-3-6-11(17)14(20)21/h1-2,4-5,11H,3,6-8H2,(H,16,19)(H,20,21)/t11-/m0/s1. The van der Waals surface area contributed by atoms with E-state index in [9.17, 15) is 14.4 Å². The molecule has 0 aromatic heterocycles. The van der Waals surface area contributed by atoms with Crippen molar-refractivity contribution in [2.45, 2.75) is 18.9 Å². The number of benzene rings is 1. The van der Waals surface area contributed by atoms with Gasteiger partial charge in [0.25, 0.3) is 5.91 Å². The third kappa shape index (κ3) is 3.52. The van der Waals surface area contributed by atoms with Crippen LogP contribution in [0.5, 0.6) is 0 Å². The van der Waals surface area contributed by atoms with Gasteiger partial charge >= 0.3 is 5.97 Å². The normalized spacial score (nSPS) is 17.6. The summed E-state index contributed by atoms with van der Waals surface area (Å²) >= 11 is 5.89. The Hall–Kier alpha value is -2.08. The van der Waals surface area contributed by atoms with Crippen LogP contribution in [0.2, 0.25) is 5.02 Å². The van der Waals surface area contributed by atoms with Crippen LogP contribution in [0.15, 0.2) is 24.3 Å². The molecule has 1 fully saturated rings. The lowest BCUT2D eigenvalue weighted by molar-refractivity contribution is -0.147. The van der Waals surface area contributed by atoms with Crippen molar-refractivity contribution in [2.24, 2.45) is 0 Å². The fourth-order valence-corrected chi connectivity index (χ4v) is 2.54. The van der Waals surface area contributed by atoms with Gasteiger partial charge in [-0.3, -0.25) is 9.59 Å². The van der Waals surface area contributed by atoms with Gasteiger partial charge in [0.2, 0.25) is 5.91 Å². The summed E-state index contributed by atoms with van der Waals surface area (Å²) in [6, 6.07) is 5.71. The lowest BCUT2D eigenvalue weighted by Gasteiger charge is -2.21. The number of hydrogen-bond donors (Lipinski definition) is 2. The Labute approximate surface area is 126 Å². The lowest BCUT2D eigenvalue weighted by atomic mass is 10.2. The van der Waals surface area contributed by atoms with Gasteiger partial charge in [-0.2, -0.15) is 0 Å². The number of likely N-dealkylation sites (tertiary alicyclic amines) is 1. The number of carboxylic acid groups (broad SMARTS) is 1. The van der Waals surface area contributed by atoms with E-state index >= 15 is 0 Å². The molecule has 1 aliphatic rings. The maximum Gasteiger partial charge on any atom is 0.326 e. The molecule has 2 N–H and O–H groups in total. The first-order valence-corrected chi connectivity index (χ1v) is 6.93. The number of aliphatic carboxylic acids is 1. The number of carbonyl (C=O) groups excluding carboxylic acids is 2. The Morgan fingerprint density at radius 2 is 2.05 bits per heavy atom. The fraction of sp³-hybridized carbons (Fsp3) is 0.357. The van der Waals surface area contributed by atoms with Crippen LogP contribution in [0.3, 0.4) is 0 Å². The summed E-state index contributed by atoms with van der Waals surface area (Å²) in [5, 5.41) is 11.8. The van der Waals surface area contributed by atoms with Crippen LogP contribution in [0, 0.1) is 0 Å². The Morgan fingerprint density at radius 3 is 2.71 bits per heavy atom. The largest absolute Gasteiger partial charge is 0.480 e. The molecule has 2 rings (SSSR count). The molecule has 0 aliphatic carbocycles. The van der Waals surface area contributed by atoms with Crippen molar-refractivity contribution in [2.75, 3.05) is 13.1 Å². The molecule has 7 heteroatoms. The number of nitrogens with zero attached hydrogens (tertiary/aromatic N) is 1. The zero-order valence-electron chi connectivity index (χ0n) is 11.2. The Morgan fingerprint density at radius 1 is 1.33 bits per heavy atom. The van der Waals surface area contributed by atoms with Gasteiger partial charge in [0.05, 0.1) is 17.1 Å². The van der Waals surface area contributed by atoms with E-state index < -0.39 is 23.8 Å². The van der Waals surface area contributed by atoms with Crippen LogP contribution < -0.4 is 5.32 Å². The van der Waals surface area contributed by atoms with Crippen LogP contribution in [-0.2, 0) is 9.59 Å². The molecule has 1 aliphatic heterocycles. The maximum atomic E-state index is 12.0. The third-order valence-corrected chi connectivity index (χ3v) is 3.71. The van der Waals surface area contributed by atoms with E-state index in [0.717, 1.165) is 0 Å². The first-order chi connectivity index (χ1) is 10.0. The first-order valence-electron chi connectivity index (χ1n) is 6.55. The molecule has 0 unspecified atom stereocenters. The number of nitrogens with one attached hydrogen (secondary N) is 1. The van der Waals surface area contributed by atoms with Crippen molar-refractivity contribution in [1.29, 1.82) is 0 Å². The summed E-state index contributed by atoms with van der Waals surface area (Å²) in [6.07, 6.45) is 1.10. The average Bonchev–Trinajstić information content (AvgIpc) is 2.94. The number of carboxylic acids is 1. The Bertz CT molecular complexity index is 576. The highest BCUT2D eigenvalue weighted by molar-refractivity contribution is 6.33. The van der Waals surface area contributed by atoms with Crippen molar-refractivity contribution >= 4 is 29.4 Å². The second kappa shape index (κ2) is 6.58. The quantitative estimate of drug-likeness (QED) is 0.873.